The number of ether oxygens (including phenoxy) is 4. The molecule has 0 fully saturated rings. The van der Waals surface area contributed by atoms with Gasteiger partial charge in [-0.2, -0.15) is 0 Å². The fourth-order valence-corrected chi connectivity index (χ4v) is 13.0. The van der Waals surface area contributed by atoms with Gasteiger partial charge in [0.05, 0.1) is 26.4 Å². The summed E-state index contributed by atoms with van der Waals surface area (Å²) in [6, 6.07) is 0. The first kappa shape index (κ1) is 92.1. The number of esters is 4. The summed E-state index contributed by atoms with van der Waals surface area (Å²) in [6.45, 7) is 11.9. The van der Waals surface area contributed by atoms with E-state index in [2.05, 4.69) is 48.5 Å². The average Bonchev–Trinajstić information content (AvgIpc) is 1.30. The first-order chi connectivity index (χ1) is 45.2. The van der Waals surface area contributed by atoms with E-state index >= 15 is 0 Å². The summed E-state index contributed by atoms with van der Waals surface area (Å²) in [7, 11) is -9.91. The normalized spacial score (nSPS) is 14.1. The molecule has 0 aromatic heterocycles. The van der Waals surface area contributed by atoms with Gasteiger partial charge in [0.25, 0.3) is 0 Å². The quantitative estimate of drug-likeness (QED) is 0.0222. The van der Waals surface area contributed by atoms with Crippen molar-refractivity contribution in [2.45, 2.75) is 401 Å². The zero-order valence-electron chi connectivity index (χ0n) is 61.4. The Morgan fingerprint density at radius 3 is 0.723 bits per heavy atom. The lowest BCUT2D eigenvalue weighted by atomic mass is 10.0. The molecular formula is C75H146O17P2. The number of hydrogen-bond donors (Lipinski definition) is 3. The van der Waals surface area contributed by atoms with Crippen LogP contribution < -0.4 is 0 Å². The molecule has 0 heterocycles. The molecule has 19 heteroatoms. The Labute approximate surface area is 575 Å². The summed E-state index contributed by atoms with van der Waals surface area (Å²) in [5.41, 5.74) is 0. The molecule has 94 heavy (non-hydrogen) atoms. The van der Waals surface area contributed by atoms with Crippen molar-refractivity contribution >= 4 is 39.5 Å². The minimum absolute atomic E-state index is 0.107. The van der Waals surface area contributed by atoms with Crippen molar-refractivity contribution in [2.24, 2.45) is 17.8 Å². The SMILES string of the molecule is CCCCCCCCCCCCCCCCC(=O)O[C@H](COC(=O)CCCCCCCCCCC(C)C)COP(=O)(O)OC[C@H](O)COP(=O)(O)OC[C@@H](COC(=O)CCCCCCCCCCCCCC(C)C)OC(=O)CCCCCCCCCCCCCCC(C)C. The van der Waals surface area contributed by atoms with E-state index in [0.717, 1.165) is 108 Å². The number of phosphoric acid groups is 2. The molecule has 0 rings (SSSR count). The number of carbonyl (C=O) groups is 4. The van der Waals surface area contributed by atoms with Crippen LogP contribution in [0.5, 0.6) is 0 Å². The highest BCUT2D eigenvalue weighted by atomic mass is 31.2. The van der Waals surface area contributed by atoms with Crippen molar-refractivity contribution in [3.05, 3.63) is 0 Å². The largest absolute Gasteiger partial charge is 0.472 e. The molecule has 0 spiro atoms. The van der Waals surface area contributed by atoms with Gasteiger partial charge in [0, 0.05) is 25.7 Å². The minimum Gasteiger partial charge on any atom is -0.462 e. The van der Waals surface area contributed by atoms with Crippen LogP contribution in [0.25, 0.3) is 0 Å². The molecule has 0 aromatic carbocycles. The van der Waals surface area contributed by atoms with Crippen molar-refractivity contribution in [1.29, 1.82) is 0 Å². The minimum atomic E-state index is -4.96. The molecule has 0 radical (unpaired) electrons. The zero-order valence-corrected chi connectivity index (χ0v) is 63.2. The number of aliphatic hydroxyl groups is 1. The van der Waals surface area contributed by atoms with E-state index in [0.29, 0.717) is 25.7 Å². The van der Waals surface area contributed by atoms with Gasteiger partial charge in [-0.05, 0) is 43.4 Å². The smallest absolute Gasteiger partial charge is 0.462 e. The lowest BCUT2D eigenvalue weighted by Crippen LogP contribution is -2.30. The summed E-state index contributed by atoms with van der Waals surface area (Å²) in [6.07, 6.45) is 51.2. The van der Waals surface area contributed by atoms with E-state index < -0.39 is 97.5 Å². The van der Waals surface area contributed by atoms with Crippen LogP contribution in [-0.4, -0.2) is 96.7 Å². The number of rotatable bonds is 73. The van der Waals surface area contributed by atoms with E-state index in [1.165, 1.54) is 193 Å². The number of aliphatic hydroxyl groups excluding tert-OH is 1. The third kappa shape index (κ3) is 68.6. The average molecular weight is 1380 g/mol. The zero-order chi connectivity index (χ0) is 69.4. The molecule has 0 bridgehead atoms. The first-order valence-electron chi connectivity index (χ1n) is 38.8. The maximum atomic E-state index is 13.1. The van der Waals surface area contributed by atoms with Crippen molar-refractivity contribution in [2.75, 3.05) is 39.6 Å². The molecule has 558 valence electrons. The van der Waals surface area contributed by atoms with Gasteiger partial charge in [0.2, 0.25) is 0 Å². The van der Waals surface area contributed by atoms with Gasteiger partial charge < -0.3 is 33.8 Å². The van der Waals surface area contributed by atoms with E-state index in [-0.39, 0.29) is 25.7 Å². The molecule has 5 atom stereocenters. The molecule has 0 aliphatic heterocycles. The maximum Gasteiger partial charge on any atom is 0.472 e. The predicted molar refractivity (Wildman–Crippen MR) is 381 cm³/mol. The summed E-state index contributed by atoms with van der Waals surface area (Å²) < 4.78 is 68.5. The third-order valence-corrected chi connectivity index (χ3v) is 19.3. The number of carbonyl (C=O) groups excluding carboxylic acids is 4. The Morgan fingerprint density at radius 2 is 0.489 bits per heavy atom. The molecule has 0 amide bonds. The molecule has 0 saturated carbocycles. The van der Waals surface area contributed by atoms with Crippen LogP contribution >= 0.6 is 15.6 Å². The van der Waals surface area contributed by atoms with Gasteiger partial charge in [0.1, 0.15) is 19.3 Å². The van der Waals surface area contributed by atoms with E-state index in [9.17, 15) is 43.2 Å². The topological polar surface area (TPSA) is 237 Å². The van der Waals surface area contributed by atoms with Crippen LogP contribution in [0.1, 0.15) is 382 Å². The standard InChI is InChI=1S/C75H146O17P2/c1-8-9-10-11-12-13-14-15-16-22-28-37-44-51-58-74(79)92-71(63-86-73(78)57-50-43-36-31-30-34-41-48-55-68(6)7)65-90-94(83,84)88-61-69(76)60-87-93(81,82)89-64-70(62-85-72(77)56-49-42-35-27-24-19-21-26-33-40-47-54-67(4)5)91-75(80)59-52-45-38-29-23-18-17-20-25-32-39-46-53-66(2)3/h66-71,76H,8-65H2,1-7H3,(H,81,82)(H,83,84)/t69-,70-,71-/m1/s1. The maximum absolute atomic E-state index is 13.1. The molecule has 2 unspecified atom stereocenters. The summed E-state index contributed by atoms with van der Waals surface area (Å²) in [5, 5.41) is 10.6. The first-order valence-corrected chi connectivity index (χ1v) is 41.8. The lowest BCUT2D eigenvalue weighted by Gasteiger charge is -2.21. The van der Waals surface area contributed by atoms with Crippen molar-refractivity contribution in [3.63, 3.8) is 0 Å². The van der Waals surface area contributed by atoms with Gasteiger partial charge in [0.15, 0.2) is 12.2 Å². The summed E-state index contributed by atoms with van der Waals surface area (Å²) in [4.78, 5) is 72.8. The van der Waals surface area contributed by atoms with Gasteiger partial charge in [-0.1, -0.05) is 331 Å². The monoisotopic (exact) mass is 1380 g/mol. The van der Waals surface area contributed by atoms with Crippen LogP contribution in [0, 0.1) is 17.8 Å². The van der Waals surface area contributed by atoms with E-state index in [1.54, 1.807) is 0 Å². The highest BCUT2D eigenvalue weighted by molar-refractivity contribution is 7.47. The van der Waals surface area contributed by atoms with Crippen LogP contribution in [0.4, 0.5) is 0 Å². The molecular weight excluding hydrogens is 1230 g/mol. The Hall–Kier alpha value is -1.94. The van der Waals surface area contributed by atoms with Crippen LogP contribution in [0.15, 0.2) is 0 Å². The molecule has 3 N–H and O–H groups in total. The highest BCUT2D eigenvalue weighted by Gasteiger charge is 2.30. The number of hydrogen-bond acceptors (Lipinski definition) is 15. The number of unbranched alkanes of at least 4 members (excludes halogenated alkanes) is 41. The Balaban J connectivity index is 5.27. The number of phosphoric ester groups is 2. The van der Waals surface area contributed by atoms with Crippen LogP contribution in [0.2, 0.25) is 0 Å². The lowest BCUT2D eigenvalue weighted by molar-refractivity contribution is -0.161. The molecule has 0 aromatic rings. The molecule has 0 aliphatic rings. The second kappa shape index (κ2) is 65.7. The van der Waals surface area contributed by atoms with Crippen LogP contribution in [0.3, 0.4) is 0 Å². The van der Waals surface area contributed by atoms with Crippen molar-refractivity contribution in [3.8, 4) is 0 Å². The highest BCUT2D eigenvalue weighted by Crippen LogP contribution is 2.45. The van der Waals surface area contributed by atoms with Crippen molar-refractivity contribution in [1.82, 2.24) is 0 Å². The van der Waals surface area contributed by atoms with Gasteiger partial charge in [-0.25, -0.2) is 9.13 Å². The fraction of sp³-hybridized carbons (Fsp3) is 0.947. The Kier molecular flexibility index (Phi) is 64.3. The van der Waals surface area contributed by atoms with Crippen molar-refractivity contribution < 1.29 is 80.2 Å². The summed E-state index contributed by atoms with van der Waals surface area (Å²) in [5.74, 6) is 0.156. The van der Waals surface area contributed by atoms with E-state index in [4.69, 9.17) is 37.0 Å². The Morgan fingerprint density at radius 1 is 0.287 bits per heavy atom. The summed E-state index contributed by atoms with van der Waals surface area (Å²) >= 11 is 0. The fourth-order valence-electron chi connectivity index (χ4n) is 11.4. The third-order valence-electron chi connectivity index (χ3n) is 17.4. The Bertz CT molecular complexity index is 1840. The molecule has 0 aliphatic carbocycles. The second-order valence-electron chi connectivity index (χ2n) is 28.5. The van der Waals surface area contributed by atoms with Crippen LogP contribution in [-0.2, 0) is 65.4 Å². The van der Waals surface area contributed by atoms with Gasteiger partial charge in [-0.15, -0.1) is 0 Å². The predicted octanol–water partition coefficient (Wildman–Crippen LogP) is 21.8. The second-order valence-corrected chi connectivity index (χ2v) is 31.4. The molecule has 17 nitrogen and oxygen atoms in total. The molecule has 0 saturated heterocycles. The van der Waals surface area contributed by atoms with Gasteiger partial charge >= 0.3 is 39.5 Å². The van der Waals surface area contributed by atoms with Gasteiger partial charge in [-0.3, -0.25) is 37.3 Å². The van der Waals surface area contributed by atoms with E-state index in [1.807, 2.05) is 0 Å².